The number of carbonyl (C=O) groups excluding carboxylic acids is 1. The SMILES string of the molecule is CC(C)(C)OC(=O)N1CCC(F)C12CC2Br. The summed E-state index contributed by atoms with van der Waals surface area (Å²) in [4.78, 5) is 13.6. The lowest BCUT2D eigenvalue weighted by Gasteiger charge is -2.29. The van der Waals surface area contributed by atoms with Gasteiger partial charge in [0.1, 0.15) is 11.8 Å². The van der Waals surface area contributed by atoms with Crippen LogP contribution in [0.15, 0.2) is 0 Å². The Morgan fingerprint density at radius 3 is 2.56 bits per heavy atom. The second kappa shape index (κ2) is 3.59. The highest BCUT2D eigenvalue weighted by molar-refractivity contribution is 9.09. The average molecular weight is 294 g/mol. The van der Waals surface area contributed by atoms with E-state index >= 15 is 0 Å². The third-order valence-corrected chi connectivity index (χ3v) is 4.27. The Morgan fingerprint density at radius 1 is 1.56 bits per heavy atom. The Labute approximate surface area is 103 Å². The topological polar surface area (TPSA) is 29.5 Å². The molecule has 1 spiro atoms. The molecule has 0 radical (unpaired) electrons. The van der Waals surface area contributed by atoms with Crippen LogP contribution < -0.4 is 0 Å². The smallest absolute Gasteiger partial charge is 0.410 e. The Balaban J connectivity index is 2.08. The summed E-state index contributed by atoms with van der Waals surface area (Å²) < 4.78 is 19.1. The number of halogens is 2. The summed E-state index contributed by atoms with van der Waals surface area (Å²) in [6.45, 7) is 5.91. The molecule has 0 aromatic carbocycles. The standard InChI is InChI=1S/C11H17BrFNO2/c1-10(2,3)16-9(15)14-5-4-8(13)11(14)6-7(11)12/h7-8H,4-6H2,1-3H3. The Morgan fingerprint density at radius 2 is 2.12 bits per heavy atom. The van der Waals surface area contributed by atoms with Gasteiger partial charge < -0.3 is 4.74 Å². The van der Waals surface area contributed by atoms with Crippen molar-refractivity contribution in [2.45, 2.75) is 55.8 Å². The van der Waals surface area contributed by atoms with E-state index in [2.05, 4.69) is 15.9 Å². The predicted octanol–water partition coefficient (Wildman–Crippen LogP) is 2.87. The molecule has 1 saturated heterocycles. The predicted molar refractivity (Wildman–Crippen MR) is 62.5 cm³/mol. The van der Waals surface area contributed by atoms with Gasteiger partial charge in [-0.1, -0.05) is 15.9 Å². The summed E-state index contributed by atoms with van der Waals surface area (Å²) in [5.74, 6) is 0. The molecule has 1 saturated carbocycles. The first kappa shape index (κ1) is 12.1. The molecule has 3 atom stereocenters. The number of nitrogens with zero attached hydrogens (tertiary/aromatic N) is 1. The molecule has 0 aromatic heterocycles. The highest BCUT2D eigenvalue weighted by Gasteiger charge is 2.67. The van der Waals surface area contributed by atoms with Crippen LogP contribution >= 0.6 is 15.9 Å². The summed E-state index contributed by atoms with van der Waals surface area (Å²) in [7, 11) is 0. The first-order chi connectivity index (χ1) is 7.27. The van der Waals surface area contributed by atoms with E-state index in [9.17, 15) is 9.18 Å². The normalized spacial score (nSPS) is 37.9. The molecular weight excluding hydrogens is 277 g/mol. The van der Waals surface area contributed by atoms with E-state index in [4.69, 9.17) is 4.74 Å². The maximum absolute atomic E-state index is 13.8. The molecule has 2 aliphatic rings. The number of ether oxygens (including phenoxy) is 1. The molecule has 3 nitrogen and oxygen atoms in total. The maximum atomic E-state index is 13.8. The highest BCUT2D eigenvalue weighted by atomic mass is 79.9. The van der Waals surface area contributed by atoms with E-state index in [-0.39, 0.29) is 4.83 Å². The number of rotatable bonds is 0. The number of alkyl halides is 2. The van der Waals surface area contributed by atoms with Crippen LogP contribution in [-0.4, -0.2) is 39.7 Å². The van der Waals surface area contributed by atoms with Crippen molar-refractivity contribution < 1.29 is 13.9 Å². The summed E-state index contributed by atoms with van der Waals surface area (Å²) in [5.41, 5.74) is -1.15. The third kappa shape index (κ3) is 1.83. The summed E-state index contributed by atoms with van der Waals surface area (Å²) in [6, 6.07) is 0. The number of amides is 1. The Hall–Kier alpha value is -0.320. The lowest BCUT2D eigenvalue weighted by atomic mass is 10.1. The van der Waals surface area contributed by atoms with Gasteiger partial charge in [-0.05, 0) is 33.6 Å². The number of hydrogen-bond acceptors (Lipinski definition) is 2. The number of hydrogen-bond donors (Lipinski definition) is 0. The monoisotopic (exact) mass is 293 g/mol. The molecule has 1 aliphatic carbocycles. The summed E-state index contributed by atoms with van der Waals surface area (Å²) >= 11 is 3.41. The minimum atomic E-state index is -0.926. The fourth-order valence-corrected chi connectivity index (χ4v) is 3.33. The zero-order valence-electron chi connectivity index (χ0n) is 9.80. The fraction of sp³-hybridized carbons (Fsp3) is 0.909. The van der Waals surface area contributed by atoms with Gasteiger partial charge in [-0.3, -0.25) is 4.90 Å². The van der Waals surface area contributed by atoms with Crippen LogP contribution in [0.2, 0.25) is 0 Å². The van der Waals surface area contributed by atoms with Crippen LogP contribution in [0.4, 0.5) is 9.18 Å². The van der Waals surface area contributed by atoms with Gasteiger partial charge in [-0.25, -0.2) is 9.18 Å². The van der Waals surface area contributed by atoms with E-state index in [0.29, 0.717) is 19.4 Å². The third-order valence-electron chi connectivity index (χ3n) is 3.15. The van der Waals surface area contributed by atoms with Crippen molar-refractivity contribution in [3.8, 4) is 0 Å². The molecule has 2 rings (SSSR count). The Kier molecular flexibility index (Phi) is 2.72. The van der Waals surface area contributed by atoms with Gasteiger partial charge in [0.25, 0.3) is 0 Å². The molecule has 0 bridgehead atoms. The van der Waals surface area contributed by atoms with Gasteiger partial charge in [-0.2, -0.15) is 0 Å². The molecule has 5 heteroatoms. The molecule has 1 aliphatic heterocycles. The van der Waals surface area contributed by atoms with Crippen LogP contribution in [-0.2, 0) is 4.74 Å². The number of carbonyl (C=O) groups is 1. The van der Waals surface area contributed by atoms with Gasteiger partial charge >= 0.3 is 6.09 Å². The van der Waals surface area contributed by atoms with E-state index in [1.165, 1.54) is 0 Å². The quantitative estimate of drug-likeness (QED) is 0.643. The van der Waals surface area contributed by atoms with Crippen molar-refractivity contribution in [1.82, 2.24) is 4.90 Å². The molecule has 16 heavy (non-hydrogen) atoms. The summed E-state index contributed by atoms with van der Waals surface area (Å²) in [6.07, 6.45) is -0.214. The molecule has 0 N–H and O–H groups in total. The zero-order chi connectivity index (χ0) is 12.1. The highest BCUT2D eigenvalue weighted by Crippen LogP contribution is 2.55. The van der Waals surface area contributed by atoms with Crippen molar-refractivity contribution in [2.24, 2.45) is 0 Å². The zero-order valence-corrected chi connectivity index (χ0v) is 11.4. The van der Waals surface area contributed by atoms with Gasteiger partial charge in [0, 0.05) is 11.4 Å². The molecule has 1 heterocycles. The van der Waals surface area contributed by atoms with Gasteiger partial charge in [0.2, 0.25) is 0 Å². The van der Waals surface area contributed by atoms with Crippen LogP contribution in [0.1, 0.15) is 33.6 Å². The van der Waals surface area contributed by atoms with Crippen LogP contribution in [0.3, 0.4) is 0 Å². The maximum Gasteiger partial charge on any atom is 0.410 e. The average Bonchev–Trinajstić information content (AvgIpc) is 2.63. The number of likely N-dealkylation sites (tertiary alicyclic amines) is 1. The minimum Gasteiger partial charge on any atom is -0.444 e. The van der Waals surface area contributed by atoms with E-state index in [0.717, 1.165) is 0 Å². The first-order valence-corrected chi connectivity index (χ1v) is 6.48. The minimum absolute atomic E-state index is 0.0741. The fourth-order valence-electron chi connectivity index (χ4n) is 2.28. The second-order valence-electron chi connectivity index (χ2n) is 5.55. The van der Waals surface area contributed by atoms with Crippen molar-refractivity contribution in [3.05, 3.63) is 0 Å². The molecule has 1 amide bonds. The van der Waals surface area contributed by atoms with E-state index < -0.39 is 23.4 Å². The van der Waals surface area contributed by atoms with Crippen molar-refractivity contribution in [3.63, 3.8) is 0 Å². The summed E-state index contributed by atoms with van der Waals surface area (Å²) in [5, 5.41) is 0. The van der Waals surface area contributed by atoms with Gasteiger partial charge in [0.15, 0.2) is 0 Å². The van der Waals surface area contributed by atoms with Crippen LogP contribution in [0.25, 0.3) is 0 Å². The lowest BCUT2D eigenvalue weighted by molar-refractivity contribution is 0.0168. The van der Waals surface area contributed by atoms with Crippen LogP contribution in [0.5, 0.6) is 0 Å². The van der Waals surface area contributed by atoms with Gasteiger partial charge in [-0.15, -0.1) is 0 Å². The van der Waals surface area contributed by atoms with Crippen molar-refractivity contribution >= 4 is 22.0 Å². The lowest BCUT2D eigenvalue weighted by Crippen LogP contribution is -2.45. The Bertz CT molecular complexity index is 318. The molecule has 0 aromatic rings. The van der Waals surface area contributed by atoms with E-state index in [1.807, 2.05) is 20.8 Å². The second-order valence-corrected chi connectivity index (χ2v) is 6.66. The molecule has 2 fully saturated rings. The van der Waals surface area contributed by atoms with Crippen molar-refractivity contribution in [2.75, 3.05) is 6.54 Å². The van der Waals surface area contributed by atoms with Gasteiger partial charge in [0.05, 0.1) is 5.54 Å². The molecule has 3 unspecified atom stereocenters. The largest absolute Gasteiger partial charge is 0.444 e. The van der Waals surface area contributed by atoms with Crippen molar-refractivity contribution in [1.29, 1.82) is 0 Å². The first-order valence-electron chi connectivity index (χ1n) is 5.56. The molecular formula is C11H17BrFNO2. The van der Waals surface area contributed by atoms with E-state index in [1.54, 1.807) is 4.90 Å². The van der Waals surface area contributed by atoms with Crippen LogP contribution in [0, 0.1) is 0 Å². The molecule has 92 valence electrons.